The summed E-state index contributed by atoms with van der Waals surface area (Å²) in [6.45, 7) is 0. The van der Waals surface area contributed by atoms with Gasteiger partial charge in [0.05, 0.1) is 10.2 Å². The van der Waals surface area contributed by atoms with Gasteiger partial charge in [-0.15, -0.1) is 0 Å². The third kappa shape index (κ3) is 465. The second-order valence-corrected chi connectivity index (χ2v) is 0.447. The average Bonchev–Trinajstić information content (AvgIpc) is 1.66. The zero-order valence-electron chi connectivity index (χ0n) is 5.11. The molecule has 0 radical (unpaired) electrons. The number of rotatable bonds is 0. The largest absolute Gasteiger partial charge is 2.00 e. The van der Waals surface area contributed by atoms with Crippen LogP contribution in [0.1, 0.15) is 0 Å². The molecule has 70 valence electrons. The van der Waals surface area contributed by atoms with E-state index in [1.54, 1.807) is 0 Å². The van der Waals surface area contributed by atoms with Crippen LogP contribution in [0.5, 0.6) is 0 Å². The van der Waals surface area contributed by atoms with Gasteiger partial charge in [-0.25, -0.2) is 0 Å². The first kappa shape index (κ1) is 22.5. The van der Waals surface area contributed by atoms with Crippen molar-refractivity contribution in [3.63, 3.8) is 0 Å². The smallest absolute Gasteiger partial charge is 0.400 e. The SMILES string of the molecule is CO.O=[N+]([O-])[O-].O=[N+]([O-])[O-].[Pd+2]. The molecule has 0 rings (SSSR count). The average molecular weight is 262 g/mol. The molecule has 9 nitrogen and oxygen atoms in total. The molecule has 0 aliphatic rings. The van der Waals surface area contributed by atoms with Gasteiger partial charge in [0, 0.05) is 7.11 Å². The minimum atomic E-state index is -1.75. The third-order valence-corrected chi connectivity index (χ3v) is 0. The molecule has 1 N–H and O–H groups in total. The summed E-state index contributed by atoms with van der Waals surface area (Å²) in [5.41, 5.74) is 0. The van der Waals surface area contributed by atoms with Crippen LogP contribution < -0.4 is 0 Å². The van der Waals surface area contributed by atoms with Crippen LogP contribution in [0.15, 0.2) is 0 Å². The first-order valence-electron chi connectivity index (χ1n) is 1.54. The summed E-state index contributed by atoms with van der Waals surface area (Å²) in [5.74, 6) is 0. The molecule has 0 aromatic carbocycles. The molecule has 10 heteroatoms. The van der Waals surface area contributed by atoms with Crippen molar-refractivity contribution in [3.05, 3.63) is 30.6 Å². The number of aliphatic hydroxyl groups excluding tert-OH is 1. The molecule has 0 aliphatic heterocycles. The summed E-state index contributed by atoms with van der Waals surface area (Å²) in [5, 5.41) is 36.5. The summed E-state index contributed by atoms with van der Waals surface area (Å²) in [6, 6.07) is 0. The predicted octanol–water partition coefficient (Wildman–Crippen LogP) is -0.872. The molecule has 0 aromatic heterocycles. The minimum absolute atomic E-state index is 0. The zero-order valence-corrected chi connectivity index (χ0v) is 6.66. The van der Waals surface area contributed by atoms with Gasteiger partial charge in [-0.3, -0.25) is 0 Å². The summed E-state index contributed by atoms with van der Waals surface area (Å²) < 4.78 is 0. The van der Waals surface area contributed by atoms with Gasteiger partial charge in [-0.2, -0.15) is 0 Å². The Morgan fingerprint density at radius 3 is 0.909 bits per heavy atom. The summed E-state index contributed by atoms with van der Waals surface area (Å²) in [6.07, 6.45) is 0. The van der Waals surface area contributed by atoms with E-state index in [2.05, 4.69) is 0 Å². The molecule has 0 aliphatic carbocycles. The first-order valence-corrected chi connectivity index (χ1v) is 1.54. The number of nitrogens with zero attached hydrogens (tertiary/aromatic N) is 2. The number of hydrogen-bond acceptors (Lipinski definition) is 7. The fourth-order valence-electron chi connectivity index (χ4n) is 0. The molecule has 0 bridgehead atoms. The molecule has 0 unspecified atom stereocenters. The van der Waals surface area contributed by atoms with E-state index in [1.165, 1.54) is 0 Å². The normalized spacial score (nSPS) is 4.91. The maximum Gasteiger partial charge on any atom is 2.00 e. The van der Waals surface area contributed by atoms with Gasteiger partial charge in [0.15, 0.2) is 0 Å². The van der Waals surface area contributed by atoms with Crippen LogP contribution in [0, 0.1) is 30.6 Å². The Hall–Kier alpha value is -0.978. The topological polar surface area (TPSA) is 153 Å². The van der Waals surface area contributed by atoms with E-state index in [-0.39, 0.29) is 20.4 Å². The van der Waals surface area contributed by atoms with Crippen molar-refractivity contribution < 1.29 is 35.7 Å². The van der Waals surface area contributed by atoms with E-state index in [4.69, 9.17) is 35.7 Å². The second-order valence-electron chi connectivity index (χ2n) is 0.447. The van der Waals surface area contributed by atoms with Gasteiger partial charge in [0.25, 0.3) is 0 Å². The van der Waals surface area contributed by atoms with Crippen molar-refractivity contribution in [2.45, 2.75) is 0 Å². The molecule has 0 amide bonds. The van der Waals surface area contributed by atoms with Crippen molar-refractivity contribution >= 4 is 0 Å². The van der Waals surface area contributed by atoms with E-state index in [1.807, 2.05) is 0 Å². The third-order valence-electron chi connectivity index (χ3n) is 0. The first-order chi connectivity index (χ1) is 4.46. The Morgan fingerprint density at radius 1 is 0.909 bits per heavy atom. The van der Waals surface area contributed by atoms with E-state index < -0.39 is 10.2 Å². The fraction of sp³-hybridized carbons (Fsp3) is 1.00. The van der Waals surface area contributed by atoms with E-state index >= 15 is 0 Å². The van der Waals surface area contributed by atoms with Gasteiger partial charge < -0.3 is 35.7 Å². The van der Waals surface area contributed by atoms with E-state index in [0.717, 1.165) is 7.11 Å². The van der Waals surface area contributed by atoms with E-state index in [0.29, 0.717) is 0 Å². The molecule has 0 saturated carbocycles. The Kier molecular flexibility index (Phi) is 47.1. The van der Waals surface area contributed by atoms with Crippen LogP contribution in [0.3, 0.4) is 0 Å². The van der Waals surface area contributed by atoms with Gasteiger partial charge in [-0.1, -0.05) is 0 Å². The maximum absolute atomic E-state index is 8.25. The van der Waals surface area contributed by atoms with Gasteiger partial charge in [-0.05, 0) is 0 Å². The van der Waals surface area contributed by atoms with Crippen molar-refractivity contribution in [1.29, 1.82) is 0 Å². The Balaban J connectivity index is -0.0000000339. The molecular formula is CH4N2O7Pd. The monoisotopic (exact) mass is 262 g/mol. The second kappa shape index (κ2) is 23.0. The van der Waals surface area contributed by atoms with Crippen LogP contribution in [-0.4, -0.2) is 22.4 Å². The van der Waals surface area contributed by atoms with Crippen LogP contribution in [0.4, 0.5) is 0 Å². The Labute approximate surface area is 74.1 Å². The van der Waals surface area contributed by atoms with Crippen molar-refractivity contribution in [1.82, 2.24) is 0 Å². The molecule has 0 heterocycles. The van der Waals surface area contributed by atoms with Crippen LogP contribution in [0.25, 0.3) is 0 Å². The molecule has 0 saturated heterocycles. The van der Waals surface area contributed by atoms with Crippen molar-refractivity contribution in [3.8, 4) is 0 Å². The Morgan fingerprint density at radius 2 is 0.909 bits per heavy atom. The quantitative estimate of drug-likeness (QED) is 0.338. The van der Waals surface area contributed by atoms with Crippen molar-refractivity contribution in [2.75, 3.05) is 7.11 Å². The summed E-state index contributed by atoms with van der Waals surface area (Å²) in [7, 11) is 1.00. The van der Waals surface area contributed by atoms with E-state index in [9.17, 15) is 0 Å². The zero-order chi connectivity index (χ0) is 9.15. The minimum Gasteiger partial charge on any atom is -0.400 e. The molecule has 0 fully saturated rings. The van der Waals surface area contributed by atoms with Crippen LogP contribution in [0.2, 0.25) is 0 Å². The van der Waals surface area contributed by atoms with Crippen molar-refractivity contribution in [2.24, 2.45) is 0 Å². The molecule has 0 spiro atoms. The fourth-order valence-corrected chi connectivity index (χ4v) is 0. The standard InChI is InChI=1S/CH4O.2NO3.Pd/c1-2;2*2-1(3)4;/h2H,1H3;;;/q;2*-1;+2. The van der Waals surface area contributed by atoms with Crippen LogP contribution >= 0.6 is 0 Å². The molecular weight excluding hydrogens is 258 g/mol. The number of hydrogen-bond donors (Lipinski definition) is 1. The van der Waals surface area contributed by atoms with Gasteiger partial charge in [0.2, 0.25) is 0 Å². The maximum atomic E-state index is 8.25. The summed E-state index contributed by atoms with van der Waals surface area (Å²) in [4.78, 5) is 16.5. The Bertz CT molecular complexity index is 74.4. The van der Waals surface area contributed by atoms with Gasteiger partial charge >= 0.3 is 20.4 Å². The molecule has 0 atom stereocenters. The van der Waals surface area contributed by atoms with Gasteiger partial charge in [0.1, 0.15) is 0 Å². The number of aliphatic hydroxyl groups is 1. The molecule has 0 aromatic rings. The van der Waals surface area contributed by atoms with Crippen LogP contribution in [-0.2, 0) is 20.4 Å². The predicted molar refractivity (Wildman–Crippen MR) is 28.9 cm³/mol. The summed E-state index contributed by atoms with van der Waals surface area (Å²) >= 11 is 0. The molecule has 11 heavy (non-hydrogen) atoms.